The number of halogens is 1. The van der Waals surface area contributed by atoms with Crippen LogP contribution in [0.4, 0.5) is 5.69 Å². The quantitative estimate of drug-likeness (QED) is 0.547. The van der Waals surface area contributed by atoms with E-state index in [1.807, 2.05) is 36.4 Å². The van der Waals surface area contributed by atoms with Gasteiger partial charge >= 0.3 is 0 Å². The molecule has 4 rings (SSSR count). The van der Waals surface area contributed by atoms with Crippen LogP contribution in [-0.4, -0.2) is 14.8 Å². The molecule has 2 N–H and O–H groups in total. The van der Waals surface area contributed by atoms with E-state index in [-0.39, 0.29) is 5.56 Å². The minimum absolute atomic E-state index is 0.119. The van der Waals surface area contributed by atoms with E-state index in [4.69, 9.17) is 17.3 Å². The molecule has 0 unspecified atom stereocenters. The number of nitrogens with two attached hydrogens (primary N) is 1. The van der Waals surface area contributed by atoms with Crippen molar-refractivity contribution in [1.82, 2.24) is 14.8 Å². The molecule has 0 spiro atoms. The second-order valence-corrected chi connectivity index (χ2v) is 6.91. The van der Waals surface area contributed by atoms with Crippen LogP contribution in [0.15, 0.2) is 65.6 Å². The fourth-order valence-corrected chi connectivity index (χ4v) is 3.10. The lowest BCUT2D eigenvalue weighted by Gasteiger charge is -2.10. The molecule has 27 heavy (non-hydrogen) atoms. The van der Waals surface area contributed by atoms with Crippen LogP contribution in [-0.2, 0) is 6.54 Å². The highest BCUT2D eigenvalue weighted by Gasteiger charge is 2.09. The Morgan fingerprint density at radius 1 is 1.07 bits per heavy atom. The maximum Gasteiger partial charge on any atom is 0.270 e. The van der Waals surface area contributed by atoms with Gasteiger partial charge in [-0.15, -0.1) is 0 Å². The Morgan fingerprint density at radius 3 is 2.63 bits per heavy atom. The van der Waals surface area contributed by atoms with E-state index in [1.54, 1.807) is 31.3 Å². The Balaban J connectivity index is 1.78. The summed E-state index contributed by atoms with van der Waals surface area (Å²) in [4.78, 5) is 17.0. The lowest BCUT2D eigenvalue weighted by Crippen LogP contribution is -2.25. The van der Waals surface area contributed by atoms with Gasteiger partial charge in [0.05, 0.1) is 17.8 Å². The first kappa shape index (κ1) is 17.2. The molecule has 0 fully saturated rings. The second kappa shape index (κ2) is 6.85. The minimum Gasteiger partial charge on any atom is -0.399 e. The molecular weight excluding hydrogens is 360 g/mol. The average Bonchev–Trinajstić information content (AvgIpc) is 2.66. The summed E-state index contributed by atoms with van der Waals surface area (Å²) in [5.41, 5.74) is 10.4. The summed E-state index contributed by atoms with van der Waals surface area (Å²) in [5.74, 6) is 0. The smallest absolute Gasteiger partial charge is 0.270 e. The zero-order valence-corrected chi connectivity index (χ0v) is 15.4. The van der Waals surface area contributed by atoms with Crippen molar-refractivity contribution in [2.75, 3.05) is 5.73 Å². The summed E-state index contributed by atoms with van der Waals surface area (Å²) in [5, 5.41) is 6.14. The van der Waals surface area contributed by atoms with Crippen LogP contribution in [0.1, 0.15) is 11.1 Å². The summed E-state index contributed by atoms with van der Waals surface area (Å²) in [6, 6.07) is 16.7. The lowest BCUT2D eigenvalue weighted by molar-refractivity contribution is 0.637. The average molecular weight is 377 g/mol. The molecule has 6 heteroatoms. The molecule has 2 aromatic heterocycles. The van der Waals surface area contributed by atoms with Gasteiger partial charge in [0.15, 0.2) is 0 Å². The molecule has 134 valence electrons. The van der Waals surface area contributed by atoms with Gasteiger partial charge in [0.1, 0.15) is 0 Å². The van der Waals surface area contributed by atoms with Crippen molar-refractivity contribution in [1.29, 1.82) is 0 Å². The number of pyridine rings is 1. The molecule has 0 amide bonds. The van der Waals surface area contributed by atoms with Gasteiger partial charge in [-0.3, -0.25) is 9.78 Å². The highest BCUT2D eigenvalue weighted by Crippen LogP contribution is 2.23. The van der Waals surface area contributed by atoms with E-state index in [1.165, 1.54) is 4.68 Å². The molecule has 5 nitrogen and oxygen atoms in total. The van der Waals surface area contributed by atoms with Crippen molar-refractivity contribution >= 4 is 28.2 Å². The van der Waals surface area contributed by atoms with Crippen molar-refractivity contribution in [2.24, 2.45) is 0 Å². The molecule has 0 bridgehead atoms. The van der Waals surface area contributed by atoms with Gasteiger partial charge < -0.3 is 5.73 Å². The molecule has 2 aromatic carbocycles. The second-order valence-electron chi connectivity index (χ2n) is 6.48. The zero-order chi connectivity index (χ0) is 19.0. The number of hydrogen-bond acceptors (Lipinski definition) is 4. The van der Waals surface area contributed by atoms with E-state index in [0.29, 0.717) is 28.5 Å². The van der Waals surface area contributed by atoms with Crippen molar-refractivity contribution in [3.63, 3.8) is 0 Å². The number of nitrogen functional groups attached to an aromatic ring is 1. The van der Waals surface area contributed by atoms with Gasteiger partial charge in [-0.1, -0.05) is 23.7 Å². The van der Waals surface area contributed by atoms with Crippen molar-refractivity contribution in [3.8, 4) is 11.3 Å². The van der Waals surface area contributed by atoms with Crippen LogP contribution in [0.5, 0.6) is 0 Å². The van der Waals surface area contributed by atoms with Crippen LogP contribution in [0.25, 0.3) is 22.2 Å². The zero-order valence-electron chi connectivity index (χ0n) is 14.7. The van der Waals surface area contributed by atoms with E-state index in [2.05, 4.69) is 10.1 Å². The first-order valence-corrected chi connectivity index (χ1v) is 8.86. The molecule has 0 aliphatic carbocycles. The molecule has 0 atom stereocenters. The predicted molar refractivity (Wildman–Crippen MR) is 109 cm³/mol. The van der Waals surface area contributed by atoms with Crippen LogP contribution < -0.4 is 11.3 Å². The largest absolute Gasteiger partial charge is 0.399 e. The third-order valence-electron chi connectivity index (χ3n) is 4.40. The number of rotatable bonds is 3. The molecule has 0 saturated carbocycles. The molecule has 4 aromatic rings. The van der Waals surface area contributed by atoms with Gasteiger partial charge in [-0.25, -0.2) is 4.68 Å². The van der Waals surface area contributed by atoms with Crippen molar-refractivity contribution in [3.05, 3.63) is 87.3 Å². The van der Waals surface area contributed by atoms with Crippen LogP contribution in [0, 0.1) is 6.92 Å². The SMILES string of the molecule is Cc1cc(-c2cnc3ccc(N)cc3c2)nn(Cc2ccc(Cl)cc2)c1=O. The standard InChI is InChI=1S/C21H17ClN4O/c1-13-8-20(16-9-15-10-18(23)6-7-19(15)24-11-16)25-26(21(13)27)12-14-2-4-17(22)5-3-14/h2-11H,12,23H2,1H3. The maximum atomic E-state index is 12.5. The summed E-state index contributed by atoms with van der Waals surface area (Å²) < 4.78 is 1.47. The number of benzene rings is 2. The number of anilines is 1. The van der Waals surface area contributed by atoms with Crippen molar-refractivity contribution in [2.45, 2.75) is 13.5 Å². The molecular formula is C21H17ClN4O. The van der Waals surface area contributed by atoms with Crippen LogP contribution >= 0.6 is 11.6 Å². The van der Waals surface area contributed by atoms with E-state index >= 15 is 0 Å². The third kappa shape index (κ3) is 3.55. The number of nitrogens with zero attached hydrogens (tertiary/aromatic N) is 3. The van der Waals surface area contributed by atoms with Gasteiger partial charge in [0.2, 0.25) is 0 Å². The van der Waals surface area contributed by atoms with Gasteiger partial charge in [0.25, 0.3) is 5.56 Å². The highest BCUT2D eigenvalue weighted by atomic mass is 35.5. The molecule has 0 saturated heterocycles. The fraction of sp³-hybridized carbons (Fsp3) is 0.0952. The first-order chi connectivity index (χ1) is 13.0. The Labute approximate surface area is 161 Å². The lowest BCUT2D eigenvalue weighted by atomic mass is 10.1. The monoisotopic (exact) mass is 376 g/mol. The number of aromatic nitrogens is 3. The fourth-order valence-electron chi connectivity index (χ4n) is 2.98. The molecule has 0 radical (unpaired) electrons. The predicted octanol–water partition coefficient (Wildman–Crippen LogP) is 4.05. The number of hydrogen-bond donors (Lipinski definition) is 1. The Kier molecular flexibility index (Phi) is 4.38. The van der Waals surface area contributed by atoms with Gasteiger partial charge in [-0.05, 0) is 55.0 Å². The Bertz CT molecular complexity index is 1200. The summed E-state index contributed by atoms with van der Waals surface area (Å²) >= 11 is 5.94. The van der Waals surface area contributed by atoms with Gasteiger partial charge in [0, 0.05) is 33.4 Å². The van der Waals surface area contributed by atoms with Crippen LogP contribution in [0.3, 0.4) is 0 Å². The van der Waals surface area contributed by atoms with Gasteiger partial charge in [-0.2, -0.15) is 5.10 Å². The normalized spacial score (nSPS) is 11.0. The topological polar surface area (TPSA) is 73.8 Å². The van der Waals surface area contributed by atoms with Crippen LogP contribution in [0.2, 0.25) is 5.02 Å². The van der Waals surface area contributed by atoms with E-state index in [0.717, 1.165) is 22.0 Å². The first-order valence-electron chi connectivity index (χ1n) is 8.48. The highest BCUT2D eigenvalue weighted by molar-refractivity contribution is 6.30. The minimum atomic E-state index is -0.119. The molecule has 2 heterocycles. The third-order valence-corrected chi connectivity index (χ3v) is 4.65. The number of fused-ring (bicyclic) bond motifs is 1. The summed E-state index contributed by atoms with van der Waals surface area (Å²) in [7, 11) is 0. The summed E-state index contributed by atoms with van der Waals surface area (Å²) in [6.45, 7) is 2.16. The maximum absolute atomic E-state index is 12.5. The molecule has 0 aliphatic rings. The molecule has 0 aliphatic heterocycles. The Hall–Kier alpha value is -3.18. The summed E-state index contributed by atoms with van der Waals surface area (Å²) in [6.07, 6.45) is 1.76. The Morgan fingerprint density at radius 2 is 1.85 bits per heavy atom. The number of aryl methyl sites for hydroxylation is 1. The van der Waals surface area contributed by atoms with Crippen molar-refractivity contribution < 1.29 is 0 Å². The van der Waals surface area contributed by atoms with E-state index in [9.17, 15) is 4.79 Å². The van der Waals surface area contributed by atoms with E-state index < -0.39 is 0 Å².